The first kappa shape index (κ1) is 17.8. The summed E-state index contributed by atoms with van der Waals surface area (Å²) >= 11 is 0. The Bertz CT molecular complexity index is 1070. The molecule has 0 aliphatic heterocycles. The van der Waals surface area contributed by atoms with Gasteiger partial charge in [-0.1, -0.05) is 11.2 Å². The van der Waals surface area contributed by atoms with Crippen molar-refractivity contribution in [1.82, 2.24) is 10.2 Å². The van der Waals surface area contributed by atoms with E-state index in [0.717, 1.165) is 22.9 Å². The van der Waals surface area contributed by atoms with Crippen molar-refractivity contribution in [1.29, 1.82) is 0 Å². The van der Waals surface area contributed by atoms with Gasteiger partial charge in [0.05, 0.1) is 4.90 Å². The highest BCUT2D eigenvalue weighted by molar-refractivity contribution is 7.90. The third kappa shape index (κ3) is 3.80. The molecule has 0 fully saturated rings. The second kappa shape index (κ2) is 6.72. The van der Waals surface area contributed by atoms with Crippen LogP contribution in [-0.2, 0) is 9.84 Å². The molecule has 8 heteroatoms. The molecular weight excluding hydrogens is 354 g/mol. The van der Waals surface area contributed by atoms with Crippen LogP contribution in [0.4, 0.5) is 6.01 Å². The van der Waals surface area contributed by atoms with Crippen LogP contribution in [-0.4, -0.2) is 30.8 Å². The summed E-state index contributed by atoms with van der Waals surface area (Å²) in [5.41, 5.74) is 3.29. The van der Waals surface area contributed by atoms with Gasteiger partial charge in [-0.25, -0.2) is 8.42 Å². The lowest BCUT2D eigenvalue weighted by Gasteiger charge is -2.03. The quantitative estimate of drug-likeness (QED) is 0.756. The summed E-state index contributed by atoms with van der Waals surface area (Å²) in [6.07, 6.45) is 1.11. The third-order valence-corrected chi connectivity index (χ3v) is 5.07. The van der Waals surface area contributed by atoms with Crippen molar-refractivity contribution in [2.24, 2.45) is 0 Å². The van der Waals surface area contributed by atoms with Gasteiger partial charge in [-0.05, 0) is 61.4 Å². The van der Waals surface area contributed by atoms with E-state index in [-0.39, 0.29) is 16.5 Å². The van der Waals surface area contributed by atoms with Crippen molar-refractivity contribution >= 4 is 21.8 Å². The molecule has 0 aliphatic carbocycles. The van der Waals surface area contributed by atoms with E-state index in [1.54, 1.807) is 0 Å². The first-order chi connectivity index (χ1) is 12.2. The normalized spacial score (nSPS) is 11.3. The van der Waals surface area contributed by atoms with E-state index >= 15 is 0 Å². The molecule has 0 aliphatic rings. The summed E-state index contributed by atoms with van der Waals surface area (Å²) in [4.78, 5) is 12.4. The van der Waals surface area contributed by atoms with Gasteiger partial charge >= 0.3 is 6.01 Å². The topological polar surface area (TPSA) is 102 Å². The Hall–Kier alpha value is -3.00. The highest BCUT2D eigenvalue weighted by atomic mass is 32.2. The second-order valence-corrected chi connectivity index (χ2v) is 7.98. The number of nitrogens with zero attached hydrogens (tertiary/aromatic N) is 2. The Morgan fingerprint density at radius 2 is 1.69 bits per heavy atom. The molecule has 0 spiro atoms. The molecule has 0 saturated heterocycles. The fourth-order valence-corrected chi connectivity index (χ4v) is 2.92. The van der Waals surface area contributed by atoms with Crippen LogP contribution in [0.1, 0.15) is 21.5 Å². The van der Waals surface area contributed by atoms with Crippen LogP contribution in [0.3, 0.4) is 0 Å². The highest BCUT2D eigenvalue weighted by Gasteiger charge is 2.14. The van der Waals surface area contributed by atoms with Crippen LogP contribution >= 0.6 is 0 Å². The number of aromatic nitrogens is 2. The lowest BCUT2D eigenvalue weighted by atomic mass is 10.1. The number of hydrogen-bond acceptors (Lipinski definition) is 6. The zero-order chi connectivity index (χ0) is 18.9. The van der Waals surface area contributed by atoms with Crippen LogP contribution in [0.25, 0.3) is 11.5 Å². The number of aryl methyl sites for hydroxylation is 2. The van der Waals surface area contributed by atoms with E-state index in [4.69, 9.17) is 4.42 Å². The minimum atomic E-state index is -3.31. The minimum absolute atomic E-state index is 0.0320. The largest absolute Gasteiger partial charge is 0.403 e. The van der Waals surface area contributed by atoms with Crippen molar-refractivity contribution in [3.63, 3.8) is 0 Å². The van der Waals surface area contributed by atoms with E-state index in [9.17, 15) is 13.2 Å². The molecule has 1 N–H and O–H groups in total. The zero-order valence-electron chi connectivity index (χ0n) is 14.5. The minimum Gasteiger partial charge on any atom is -0.403 e. The number of rotatable bonds is 4. The number of carbonyl (C=O) groups is 1. The second-order valence-electron chi connectivity index (χ2n) is 5.96. The standard InChI is InChI=1S/C18H17N3O4S/c1-11-4-5-14(10-12(11)2)17-20-21-18(25-17)19-16(22)13-6-8-15(9-7-13)26(3,23)24/h4-10H,1-3H3,(H,19,21,22). The Morgan fingerprint density at radius 1 is 1.00 bits per heavy atom. The molecule has 26 heavy (non-hydrogen) atoms. The number of anilines is 1. The summed E-state index contributed by atoms with van der Waals surface area (Å²) in [7, 11) is -3.31. The van der Waals surface area contributed by atoms with Crippen LogP contribution in [0.5, 0.6) is 0 Å². The van der Waals surface area contributed by atoms with Gasteiger partial charge in [-0.2, -0.15) is 0 Å². The molecule has 1 aromatic heterocycles. The molecule has 0 radical (unpaired) electrons. The molecule has 3 rings (SSSR count). The maximum absolute atomic E-state index is 12.2. The molecule has 3 aromatic rings. The third-order valence-electron chi connectivity index (χ3n) is 3.94. The van der Waals surface area contributed by atoms with Crippen molar-refractivity contribution in [2.75, 3.05) is 11.6 Å². The summed E-state index contributed by atoms with van der Waals surface area (Å²) in [5.74, 6) is -0.170. The van der Waals surface area contributed by atoms with Crippen molar-refractivity contribution in [3.8, 4) is 11.5 Å². The molecule has 0 saturated carbocycles. The molecule has 1 amide bonds. The van der Waals surface area contributed by atoms with Crippen molar-refractivity contribution in [3.05, 3.63) is 59.2 Å². The summed E-state index contributed by atoms with van der Waals surface area (Å²) in [5, 5.41) is 10.3. The Labute approximate surface area is 151 Å². The van der Waals surface area contributed by atoms with Gasteiger partial charge in [-0.15, -0.1) is 5.10 Å². The average Bonchev–Trinajstić information content (AvgIpc) is 3.05. The van der Waals surface area contributed by atoms with E-state index in [0.29, 0.717) is 5.89 Å². The van der Waals surface area contributed by atoms with Gasteiger partial charge < -0.3 is 4.42 Å². The smallest absolute Gasteiger partial charge is 0.322 e. The van der Waals surface area contributed by atoms with Gasteiger partial charge in [0.25, 0.3) is 5.91 Å². The first-order valence-corrected chi connectivity index (χ1v) is 9.66. The van der Waals surface area contributed by atoms with E-state index in [1.807, 2.05) is 32.0 Å². The highest BCUT2D eigenvalue weighted by Crippen LogP contribution is 2.22. The van der Waals surface area contributed by atoms with Gasteiger partial charge in [-0.3, -0.25) is 10.1 Å². The number of amides is 1. The van der Waals surface area contributed by atoms with Crippen LogP contribution < -0.4 is 5.32 Å². The number of carbonyl (C=O) groups excluding carboxylic acids is 1. The fraction of sp³-hybridized carbons (Fsp3) is 0.167. The van der Waals surface area contributed by atoms with E-state index in [2.05, 4.69) is 15.5 Å². The predicted molar refractivity (Wildman–Crippen MR) is 96.7 cm³/mol. The van der Waals surface area contributed by atoms with Crippen molar-refractivity contribution < 1.29 is 17.6 Å². The molecule has 2 aromatic carbocycles. The van der Waals surface area contributed by atoms with Gasteiger partial charge in [0.1, 0.15) is 0 Å². The molecule has 7 nitrogen and oxygen atoms in total. The summed E-state index contributed by atoms with van der Waals surface area (Å²) < 4.78 is 28.4. The van der Waals surface area contributed by atoms with Crippen LogP contribution in [0.2, 0.25) is 0 Å². The number of nitrogens with one attached hydrogen (secondary N) is 1. The molecule has 0 bridgehead atoms. The average molecular weight is 371 g/mol. The van der Waals surface area contributed by atoms with Crippen LogP contribution in [0, 0.1) is 13.8 Å². The van der Waals surface area contributed by atoms with Crippen molar-refractivity contribution in [2.45, 2.75) is 18.7 Å². The van der Waals surface area contributed by atoms with Crippen LogP contribution in [0.15, 0.2) is 51.8 Å². The lowest BCUT2D eigenvalue weighted by Crippen LogP contribution is -2.12. The Balaban J connectivity index is 1.76. The molecular formula is C18H17N3O4S. The monoisotopic (exact) mass is 371 g/mol. The summed E-state index contributed by atoms with van der Waals surface area (Å²) in [6, 6.07) is 11.3. The summed E-state index contributed by atoms with van der Waals surface area (Å²) in [6.45, 7) is 3.99. The molecule has 134 valence electrons. The zero-order valence-corrected chi connectivity index (χ0v) is 15.3. The Morgan fingerprint density at radius 3 is 2.31 bits per heavy atom. The van der Waals surface area contributed by atoms with Gasteiger partial charge in [0.2, 0.25) is 5.89 Å². The molecule has 0 atom stereocenters. The van der Waals surface area contributed by atoms with E-state index < -0.39 is 15.7 Å². The predicted octanol–water partition coefficient (Wildman–Crippen LogP) is 3.01. The fourth-order valence-electron chi connectivity index (χ4n) is 2.29. The lowest BCUT2D eigenvalue weighted by molar-refractivity contribution is 0.102. The van der Waals surface area contributed by atoms with E-state index in [1.165, 1.54) is 24.3 Å². The van der Waals surface area contributed by atoms with Gasteiger partial charge in [0.15, 0.2) is 9.84 Å². The molecule has 0 unspecified atom stereocenters. The number of sulfone groups is 1. The Kier molecular flexibility index (Phi) is 4.60. The van der Waals surface area contributed by atoms with Gasteiger partial charge in [0, 0.05) is 17.4 Å². The maximum atomic E-state index is 12.2. The SMILES string of the molecule is Cc1ccc(-c2nnc(NC(=O)c3ccc(S(C)(=O)=O)cc3)o2)cc1C. The first-order valence-electron chi connectivity index (χ1n) is 7.76. The maximum Gasteiger partial charge on any atom is 0.322 e. The molecule has 1 heterocycles. The number of benzene rings is 2. The number of hydrogen-bond donors (Lipinski definition) is 1.